The fraction of sp³-hybridized carbons (Fsp3) is 0.412. The Bertz CT molecular complexity index is 866. The molecule has 0 saturated heterocycles. The molecular weight excluding hydrogens is 336 g/mol. The molecule has 0 aliphatic carbocycles. The summed E-state index contributed by atoms with van der Waals surface area (Å²) in [5, 5.41) is 18.1. The highest BCUT2D eigenvalue weighted by Gasteiger charge is 2.22. The second-order valence-electron chi connectivity index (χ2n) is 6.34. The number of hydrogen-bond donors (Lipinski definition) is 1. The minimum absolute atomic E-state index is 0.0950. The van der Waals surface area contributed by atoms with E-state index in [1.165, 1.54) is 0 Å². The third-order valence-electron chi connectivity index (χ3n) is 4.49. The van der Waals surface area contributed by atoms with Crippen molar-refractivity contribution in [3.05, 3.63) is 40.6 Å². The van der Waals surface area contributed by atoms with Gasteiger partial charge < -0.3 is 9.88 Å². The minimum atomic E-state index is 0.0950. The second-order valence-corrected chi connectivity index (χ2v) is 7.37. The largest absolute Gasteiger partial charge is 0.353 e. The van der Waals surface area contributed by atoms with Crippen molar-refractivity contribution in [3.63, 3.8) is 0 Å². The van der Waals surface area contributed by atoms with Gasteiger partial charge in [0.2, 0.25) is 5.91 Å². The molecule has 4 heterocycles. The topological polar surface area (TPSA) is 77.6 Å². The highest BCUT2D eigenvalue weighted by atomic mass is 32.1. The Morgan fingerprint density at radius 2 is 2.32 bits per heavy atom. The summed E-state index contributed by atoms with van der Waals surface area (Å²) in [7, 11) is 1.89. The molecule has 1 amide bonds. The van der Waals surface area contributed by atoms with Gasteiger partial charge in [0.25, 0.3) is 0 Å². The molecule has 8 heteroatoms. The van der Waals surface area contributed by atoms with E-state index in [0.717, 1.165) is 47.9 Å². The van der Waals surface area contributed by atoms with E-state index in [1.54, 1.807) is 16.0 Å². The number of carbonyl (C=O) groups is 1. The zero-order valence-electron chi connectivity index (χ0n) is 14.1. The minimum Gasteiger partial charge on any atom is -0.353 e. The SMILES string of the molecule is Cn1cc(-c2nnc3n2CCC(NC(=O)Cc2cccs2)CC3)cn1. The standard InChI is InChI=1S/C17H20N6OS/c1-22-11-12(10-18-22)17-21-20-15-5-4-13(6-7-23(15)17)19-16(24)9-14-3-2-8-25-14/h2-3,8,10-11,13H,4-7,9H2,1H3,(H,19,24). The van der Waals surface area contributed by atoms with Crippen molar-refractivity contribution in [3.8, 4) is 11.4 Å². The van der Waals surface area contributed by atoms with Gasteiger partial charge in [0.1, 0.15) is 5.82 Å². The molecule has 25 heavy (non-hydrogen) atoms. The molecule has 0 radical (unpaired) electrons. The van der Waals surface area contributed by atoms with Crippen LogP contribution in [0.4, 0.5) is 0 Å². The van der Waals surface area contributed by atoms with Crippen LogP contribution in [0.2, 0.25) is 0 Å². The summed E-state index contributed by atoms with van der Waals surface area (Å²) in [5.74, 6) is 1.93. The third kappa shape index (κ3) is 3.48. The average Bonchev–Trinajstić information content (AvgIpc) is 3.29. The number of carbonyl (C=O) groups excluding carboxylic acids is 1. The van der Waals surface area contributed by atoms with Gasteiger partial charge in [0.05, 0.1) is 18.2 Å². The molecule has 1 unspecified atom stereocenters. The van der Waals surface area contributed by atoms with Gasteiger partial charge >= 0.3 is 0 Å². The number of hydrogen-bond acceptors (Lipinski definition) is 5. The lowest BCUT2D eigenvalue weighted by Gasteiger charge is -2.16. The van der Waals surface area contributed by atoms with Crippen molar-refractivity contribution < 1.29 is 4.79 Å². The van der Waals surface area contributed by atoms with E-state index < -0.39 is 0 Å². The number of rotatable bonds is 4. The Kier molecular flexibility index (Phi) is 4.35. The summed E-state index contributed by atoms with van der Waals surface area (Å²) >= 11 is 1.62. The summed E-state index contributed by atoms with van der Waals surface area (Å²) < 4.78 is 3.92. The molecule has 3 aromatic rings. The van der Waals surface area contributed by atoms with Crippen LogP contribution in [0, 0.1) is 0 Å². The molecule has 0 fully saturated rings. The maximum absolute atomic E-state index is 12.2. The van der Waals surface area contributed by atoms with Crippen molar-refractivity contribution in [2.75, 3.05) is 0 Å². The Morgan fingerprint density at radius 1 is 1.40 bits per heavy atom. The van der Waals surface area contributed by atoms with Crippen LogP contribution in [0.3, 0.4) is 0 Å². The molecule has 7 nitrogen and oxygen atoms in total. The van der Waals surface area contributed by atoms with Gasteiger partial charge in [-0.15, -0.1) is 21.5 Å². The molecular formula is C17H20N6OS. The van der Waals surface area contributed by atoms with Gasteiger partial charge in [0.15, 0.2) is 5.82 Å². The van der Waals surface area contributed by atoms with E-state index >= 15 is 0 Å². The van der Waals surface area contributed by atoms with E-state index in [9.17, 15) is 4.79 Å². The van der Waals surface area contributed by atoms with Gasteiger partial charge in [-0.2, -0.15) is 5.10 Å². The van der Waals surface area contributed by atoms with Crippen molar-refractivity contribution in [2.24, 2.45) is 7.05 Å². The molecule has 1 aliphatic rings. The molecule has 1 N–H and O–H groups in total. The first kappa shape index (κ1) is 16.0. The molecule has 4 rings (SSSR count). The molecule has 3 aromatic heterocycles. The van der Waals surface area contributed by atoms with E-state index in [4.69, 9.17) is 0 Å². The van der Waals surface area contributed by atoms with Gasteiger partial charge in [0, 0.05) is 37.1 Å². The lowest BCUT2D eigenvalue weighted by atomic mass is 10.1. The first-order valence-electron chi connectivity index (χ1n) is 8.42. The smallest absolute Gasteiger partial charge is 0.225 e. The Hall–Kier alpha value is -2.48. The van der Waals surface area contributed by atoms with E-state index in [0.29, 0.717) is 6.42 Å². The average molecular weight is 356 g/mol. The lowest BCUT2D eigenvalue weighted by molar-refractivity contribution is -0.121. The van der Waals surface area contributed by atoms with Crippen LogP contribution in [0.5, 0.6) is 0 Å². The predicted molar refractivity (Wildman–Crippen MR) is 95.1 cm³/mol. The van der Waals surface area contributed by atoms with Crippen LogP contribution < -0.4 is 5.32 Å². The summed E-state index contributed by atoms with van der Waals surface area (Å²) in [5.41, 5.74) is 0.974. The predicted octanol–water partition coefficient (Wildman–Crippen LogP) is 1.80. The van der Waals surface area contributed by atoms with Crippen molar-refractivity contribution >= 4 is 17.2 Å². The summed E-state index contributed by atoms with van der Waals surface area (Å²) in [6, 6.07) is 4.15. The van der Waals surface area contributed by atoms with E-state index in [-0.39, 0.29) is 11.9 Å². The number of thiophene rings is 1. The van der Waals surface area contributed by atoms with Crippen LogP contribution >= 0.6 is 11.3 Å². The van der Waals surface area contributed by atoms with E-state index in [1.807, 2.05) is 37.0 Å². The lowest BCUT2D eigenvalue weighted by Crippen LogP contribution is -2.36. The van der Waals surface area contributed by atoms with Crippen molar-refractivity contribution in [1.29, 1.82) is 0 Å². The van der Waals surface area contributed by atoms with Crippen molar-refractivity contribution in [2.45, 2.75) is 38.3 Å². The van der Waals surface area contributed by atoms with Gasteiger partial charge in [-0.3, -0.25) is 9.48 Å². The first-order chi connectivity index (χ1) is 12.2. The fourth-order valence-electron chi connectivity index (χ4n) is 3.23. The van der Waals surface area contributed by atoms with Crippen molar-refractivity contribution in [1.82, 2.24) is 29.9 Å². The number of nitrogens with zero attached hydrogens (tertiary/aromatic N) is 5. The number of aromatic nitrogens is 5. The second kappa shape index (κ2) is 6.79. The van der Waals surface area contributed by atoms with E-state index in [2.05, 4.69) is 25.2 Å². The number of nitrogens with one attached hydrogen (secondary N) is 1. The van der Waals surface area contributed by atoms with Crippen LogP contribution in [-0.2, 0) is 31.2 Å². The van der Waals surface area contributed by atoms with Gasteiger partial charge in [-0.1, -0.05) is 6.07 Å². The number of aryl methyl sites for hydroxylation is 2. The molecule has 1 atom stereocenters. The Morgan fingerprint density at radius 3 is 3.08 bits per heavy atom. The monoisotopic (exact) mass is 356 g/mol. The Labute approximate surface area is 149 Å². The molecule has 0 saturated carbocycles. The first-order valence-corrected chi connectivity index (χ1v) is 9.30. The normalized spacial score (nSPS) is 17.1. The highest BCUT2D eigenvalue weighted by Crippen LogP contribution is 2.22. The zero-order chi connectivity index (χ0) is 17.2. The zero-order valence-corrected chi connectivity index (χ0v) is 14.9. The molecule has 1 aliphatic heterocycles. The molecule has 0 bridgehead atoms. The summed E-state index contributed by atoms with van der Waals surface area (Å²) in [4.78, 5) is 13.3. The summed E-state index contributed by atoms with van der Waals surface area (Å²) in [6.45, 7) is 0.802. The maximum atomic E-state index is 12.2. The van der Waals surface area contributed by atoms with Crippen LogP contribution in [0.1, 0.15) is 23.5 Å². The van der Waals surface area contributed by atoms with Crippen LogP contribution in [0.25, 0.3) is 11.4 Å². The quantitative estimate of drug-likeness (QED) is 0.773. The molecule has 0 aromatic carbocycles. The molecule has 130 valence electrons. The summed E-state index contributed by atoms with van der Waals surface area (Å²) in [6.07, 6.45) is 6.80. The van der Waals surface area contributed by atoms with Gasteiger partial charge in [-0.25, -0.2) is 0 Å². The number of amides is 1. The van der Waals surface area contributed by atoms with Gasteiger partial charge in [-0.05, 0) is 24.3 Å². The highest BCUT2D eigenvalue weighted by molar-refractivity contribution is 7.10. The van der Waals surface area contributed by atoms with Crippen LogP contribution in [0.15, 0.2) is 29.9 Å². The fourth-order valence-corrected chi connectivity index (χ4v) is 3.94. The Balaban J connectivity index is 1.42. The number of fused-ring (bicyclic) bond motifs is 1. The maximum Gasteiger partial charge on any atom is 0.225 e. The molecule has 0 spiro atoms. The third-order valence-corrected chi connectivity index (χ3v) is 5.36. The van der Waals surface area contributed by atoms with Crippen LogP contribution in [-0.4, -0.2) is 36.5 Å².